The van der Waals surface area contributed by atoms with Crippen molar-refractivity contribution in [1.82, 2.24) is 14.5 Å². The molecule has 1 atom stereocenters. The van der Waals surface area contributed by atoms with Crippen LogP contribution < -0.4 is 0 Å². The predicted molar refractivity (Wildman–Crippen MR) is 81.0 cm³/mol. The Morgan fingerprint density at radius 2 is 2.00 bits per heavy atom. The van der Waals surface area contributed by atoms with E-state index >= 15 is 0 Å². The molecule has 3 aliphatic rings. The molecule has 1 aromatic rings. The summed E-state index contributed by atoms with van der Waals surface area (Å²) in [5.74, 6) is 2.49. The van der Waals surface area contributed by atoms with Crippen molar-refractivity contribution in [1.29, 1.82) is 0 Å². The van der Waals surface area contributed by atoms with Crippen LogP contribution in [-0.2, 0) is 4.79 Å². The fourth-order valence-corrected chi connectivity index (χ4v) is 3.81. The van der Waals surface area contributed by atoms with Gasteiger partial charge in [0.1, 0.15) is 5.82 Å². The quantitative estimate of drug-likeness (QED) is 0.801. The molecule has 1 amide bonds. The third kappa shape index (κ3) is 2.30. The van der Waals surface area contributed by atoms with Gasteiger partial charge in [-0.15, -0.1) is 0 Å². The molecule has 2 heterocycles. The number of aromatic nitrogens is 2. The van der Waals surface area contributed by atoms with Gasteiger partial charge < -0.3 is 9.47 Å². The highest BCUT2D eigenvalue weighted by atomic mass is 16.2. The first-order valence-electron chi connectivity index (χ1n) is 8.21. The van der Waals surface area contributed by atoms with Gasteiger partial charge in [-0.2, -0.15) is 0 Å². The zero-order valence-electron chi connectivity index (χ0n) is 12.7. The van der Waals surface area contributed by atoms with Crippen LogP contribution in [0.25, 0.3) is 0 Å². The molecule has 1 unspecified atom stereocenters. The number of imidazole rings is 1. The summed E-state index contributed by atoms with van der Waals surface area (Å²) in [5.41, 5.74) is 1.25. The van der Waals surface area contributed by atoms with Crippen LogP contribution in [0.15, 0.2) is 18.3 Å². The van der Waals surface area contributed by atoms with E-state index in [2.05, 4.69) is 33.5 Å². The van der Waals surface area contributed by atoms with Crippen molar-refractivity contribution < 1.29 is 4.79 Å². The van der Waals surface area contributed by atoms with Crippen LogP contribution in [0.4, 0.5) is 0 Å². The predicted octanol–water partition coefficient (Wildman–Crippen LogP) is 2.81. The highest BCUT2D eigenvalue weighted by molar-refractivity contribution is 5.80. The molecule has 1 saturated heterocycles. The zero-order chi connectivity index (χ0) is 14.4. The molecule has 1 saturated carbocycles. The number of carbonyl (C=O) groups excluding carboxylic acids is 1. The lowest BCUT2D eigenvalue weighted by Crippen LogP contribution is -2.34. The van der Waals surface area contributed by atoms with E-state index in [1.807, 2.05) is 6.20 Å². The monoisotopic (exact) mass is 285 g/mol. The second-order valence-corrected chi connectivity index (χ2v) is 6.77. The Morgan fingerprint density at radius 3 is 2.71 bits per heavy atom. The molecule has 4 nitrogen and oxygen atoms in total. The van der Waals surface area contributed by atoms with Gasteiger partial charge in [-0.3, -0.25) is 4.79 Å². The Kier molecular flexibility index (Phi) is 3.12. The summed E-state index contributed by atoms with van der Waals surface area (Å²) in [5, 5.41) is 0. The molecule has 112 valence electrons. The van der Waals surface area contributed by atoms with Gasteiger partial charge in [-0.1, -0.05) is 12.2 Å². The van der Waals surface area contributed by atoms with E-state index in [0.29, 0.717) is 17.9 Å². The smallest absolute Gasteiger partial charge is 0.226 e. The minimum Gasteiger partial charge on any atom is -0.340 e. The lowest BCUT2D eigenvalue weighted by molar-refractivity contribution is -0.134. The van der Waals surface area contributed by atoms with Gasteiger partial charge in [0.15, 0.2) is 0 Å². The summed E-state index contributed by atoms with van der Waals surface area (Å²) >= 11 is 0. The SMILES string of the molecule is Cc1cnc(C2CC2)n1C1CCN(C(=O)C2CC=CC2)C1. The molecule has 0 N–H and O–H groups in total. The van der Waals surface area contributed by atoms with Crippen molar-refractivity contribution in [3.8, 4) is 0 Å². The second-order valence-electron chi connectivity index (χ2n) is 6.77. The Balaban J connectivity index is 1.48. The molecule has 0 spiro atoms. The second kappa shape index (κ2) is 5.00. The summed E-state index contributed by atoms with van der Waals surface area (Å²) in [6, 6.07) is 0.432. The Hall–Kier alpha value is -1.58. The van der Waals surface area contributed by atoms with Gasteiger partial charge in [-0.25, -0.2) is 4.98 Å². The molecule has 0 radical (unpaired) electrons. The van der Waals surface area contributed by atoms with Gasteiger partial charge in [0.2, 0.25) is 5.91 Å². The molecule has 4 rings (SSSR count). The van der Waals surface area contributed by atoms with Crippen LogP contribution >= 0.6 is 0 Å². The summed E-state index contributed by atoms with van der Waals surface area (Å²) in [4.78, 5) is 19.2. The molecule has 4 heteroatoms. The molecule has 1 aliphatic heterocycles. The molecule has 0 aromatic carbocycles. The lowest BCUT2D eigenvalue weighted by atomic mass is 10.1. The van der Waals surface area contributed by atoms with Crippen molar-refractivity contribution in [2.75, 3.05) is 13.1 Å². The maximum atomic E-state index is 12.5. The van der Waals surface area contributed by atoms with Crippen molar-refractivity contribution in [3.63, 3.8) is 0 Å². The van der Waals surface area contributed by atoms with Crippen LogP contribution in [0.5, 0.6) is 0 Å². The molecule has 1 aromatic heterocycles. The number of amides is 1. The van der Waals surface area contributed by atoms with E-state index in [1.54, 1.807) is 0 Å². The standard InChI is InChI=1S/C17H23N3O/c1-12-10-18-16(13-6-7-13)20(12)15-8-9-19(11-15)17(21)14-4-2-3-5-14/h2-3,10,13-15H,4-9,11H2,1H3. The van der Waals surface area contributed by atoms with Crippen molar-refractivity contribution in [2.24, 2.45) is 5.92 Å². The number of hydrogen-bond acceptors (Lipinski definition) is 2. The topological polar surface area (TPSA) is 38.1 Å². The van der Waals surface area contributed by atoms with Crippen molar-refractivity contribution in [3.05, 3.63) is 29.9 Å². The molecule has 2 fully saturated rings. The minimum absolute atomic E-state index is 0.204. The first kappa shape index (κ1) is 13.1. The molecule has 21 heavy (non-hydrogen) atoms. The summed E-state index contributed by atoms with van der Waals surface area (Å²) in [7, 11) is 0. The van der Waals surface area contributed by atoms with Gasteiger partial charge in [0.05, 0.1) is 6.04 Å². The molecule has 0 bridgehead atoms. The fraction of sp³-hybridized carbons (Fsp3) is 0.647. The first-order valence-corrected chi connectivity index (χ1v) is 8.21. The maximum Gasteiger partial charge on any atom is 0.226 e. The highest BCUT2D eigenvalue weighted by Gasteiger charge is 2.36. The third-order valence-corrected chi connectivity index (χ3v) is 5.15. The van der Waals surface area contributed by atoms with E-state index in [-0.39, 0.29) is 5.92 Å². The zero-order valence-corrected chi connectivity index (χ0v) is 12.7. The third-order valence-electron chi connectivity index (χ3n) is 5.15. The Labute approximate surface area is 125 Å². The maximum absolute atomic E-state index is 12.5. The fourth-order valence-electron chi connectivity index (χ4n) is 3.81. The van der Waals surface area contributed by atoms with Gasteiger partial charge >= 0.3 is 0 Å². The Bertz CT molecular complexity index is 577. The average molecular weight is 285 g/mol. The molecular weight excluding hydrogens is 262 g/mol. The van der Waals surface area contributed by atoms with Crippen LogP contribution in [0.1, 0.15) is 55.6 Å². The minimum atomic E-state index is 0.204. The highest BCUT2D eigenvalue weighted by Crippen LogP contribution is 2.41. The van der Waals surface area contributed by atoms with E-state index < -0.39 is 0 Å². The number of carbonyl (C=O) groups is 1. The van der Waals surface area contributed by atoms with Crippen LogP contribution in [0.3, 0.4) is 0 Å². The lowest BCUT2D eigenvalue weighted by Gasteiger charge is -2.22. The number of rotatable bonds is 3. The number of likely N-dealkylation sites (tertiary alicyclic amines) is 1. The van der Waals surface area contributed by atoms with E-state index in [9.17, 15) is 4.79 Å². The van der Waals surface area contributed by atoms with E-state index in [0.717, 1.165) is 32.4 Å². The van der Waals surface area contributed by atoms with E-state index in [4.69, 9.17) is 0 Å². The number of hydrogen-bond donors (Lipinski definition) is 0. The number of allylic oxidation sites excluding steroid dienone is 2. The molecule has 2 aliphatic carbocycles. The summed E-state index contributed by atoms with van der Waals surface area (Å²) in [6.07, 6.45) is 11.8. The summed E-state index contributed by atoms with van der Waals surface area (Å²) in [6.45, 7) is 3.91. The van der Waals surface area contributed by atoms with Crippen molar-refractivity contribution in [2.45, 2.75) is 51.0 Å². The van der Waals surface area contributed by atoms with Crippen LogP contribution in [-0.4, -0.2) is 33.4 Å². The Morgan fingerprint density at radius 1 is 1.24 bits per heavy atom. The average Bonchev–Trinajstić information content (AvgIpc) is 2.94. The van der Waals surface area contributed by atoms with Gasteiger partial charge in [0, 0.05) is 36.8 Å². The number of nitrogens with zero attached hydrogens (tertiary/aromatic N) is 3. The van der Waals surface area contributed by atoms with Crippen LogP contribution in [0, 0.1) is 12.8 Å². The van der Waals surface area contributed by atoms with Crippen molar-refractivity contribution >= 4 is 5.91 Å². The van der Waals surface area contributed by atoms with E-state index in [1.165, 1.54) is 24.4 Å². The van der Waals surface area contributed by atoms with Gasteiger partial charge in [0.25, 0.3) is 0 Å². The largest absolute Gasteiger partial charge is 0.340 e. The number of aryl methyl sites for hydroxylation is 1. The van der Waals surface area contributed by atoms with Crippen LogP contribution in [0.2, 0.25) is 0 Å². The molecular formula is C17H23N3O. The van der Waals surface area contributed by atoms with Gasteiger partial charge in [-0.05, 0) is 39.0 Å². The summed E-state index contributed by atoms with van der Waals surface area (Å²) < 4.78 is 2.41. The normalized spacial score (nSPS) is 26.0. The first-order chi connectivity index (χ1) is 10.2.